The first-order chi connectivity index (χ1) is 6.24. The maximum absolute atomic E-state index is 5.90. The molecule has 0 aliphatic rings. The molecule has 0 aromatic carbocycles. The van der Waals surface area contributed by atoms with E-state index in [0.29, 0.717) is 0 Å². The lowest BCUT2D eigenvalue weighted by molar-refractivity contribution is 0.664. The zero-order chi connectivity index (χ0) is 9.68. The van der Waals surface area contributed by atoms with Gasteiger partial charge in [-0.3, -0.25) is 4.98 Å². The minimum Gasteiger partial charge on any atom is -0.324 e. The van der Waals surface area contributed by atoms with Crippen molar-refractivity contribution in [2.45, 2.75) is 25.8 Å². The van der Waals surface area contributed by atoms with Crippen LogP contribution < -0.4 is 5.73 Å². The van der Waals surface area contributed by atoms with Crippen molar-refractivity contribution in [3.05, 3.63) is 29.6 Å². The summed E-state index contributed by atoms with van der Waals surface area (Å²) < 4.78 is 0. The number of terminal acetylenes is 1. The molecule has 0 aliphatic carbocycles. The Balaban J connectivity index is 2.62. The van der Waals surface area contributed by atoms with Crippen LogP contribution in [-0.2, 0) is 0 Å². The number of nitrogens with zero attached hydrogens (tertiary/aromatic N) is 1. The molecule has 1 aromatic rings. The molecule has 0 fully saturated rings. The summed E-state index contributed by atoms with van der Waals surface area (Å²) in [5, 5.41) is 0. The molecular formula is C11H14N2. The molecule has 0 bridgehead atoms. The fraction of sp³-hybridized carbons (Fsp3) is 0.364. The number of nitrogens with two attached hydrogens (primary N) is 1. The third kappa shape index (κ3) is 2.89. The van der Waals surface area contributed by atoms with Crippen molar-refractivity contribution >= 4 is 0 Å². The van der Waals surface area contributed by atoms with Crippen LogP contribution in [0.25, 0.3) is 0 Å². The lowest BCUT2D eigenvalue weighted by Crippen LogP contribution is -2.10. The van der Waals surface area contributed by atoms with Crippen molar-refractivity contribution in [2.24, 2.45) is 5.73 Å². The van der Waals surface area contributed by atoms with Gasteiger partial charge in [0.05, 0.1) is 0 Å². The molecule has 0 aliphatic heterocycles. The van der Waals surface area contributed by atoms with Gasteiger partial charge in [0.15, 0.2) is 0 Å². The number of aromatic nitrogens is 1. The molecule has 0 saturated heterocycles. The van der Waals surface area contributed by atoms with Crippen LogP contribution in [0.5, 0.6) is 0 Å². The number of hydrogen-bond acceptors (Lipinski definition) is 2. The third-order valence-corrected chi connectivity index (χ3v) is 1.96. The van der Waals surface area contributed by atoms with Gasteiger partial charge < -0.3 is 5.73 Å². The summed E-state index contributed by atoms with van der Waals surface area (Å²) in [5.74, 6) is 2.58. The molecule has 1 rings (SSSR count). The van der Waals surface area contributed by atoms with E-state index in [1.807, 2.05) is 25.3 Å². The van der Waals surface area contributed by atoms with Gasteiger partial charge >= 0.3 is 0 Å². The summed E-state index contributed by atoms with van der Waals surface area (Å²) in [6, 6.07) is 3.98. The van der Waals surface area contributed by atoms with Gasteiger partial charge in [-0.05, 0) is 25.0 Å². The van der Waals surface area contributed by atoms with Crippen LogP contribution in [0.2, 0.25) is 0 Å². The van der Waals surface area contributed by atoms with Crippen molar-refractivity contribution < 1.29 is 0 Å². The number of pyridine rings is 1. The van der Waals surface area contributed by atoms with Crippen molar-refractivity contribution in [1.29, 1.82) is 0 Å². The first kappa shape index (κ1) is 9.76. The normalized spacial score (nSPS) is 12.1. The first-order valence-corrected chi connectivity index (χ1v) is 4.35. The lowest BCUT2D eigenvalue weighted by atomic mass is 10.1. The summed E-state index contributed by atoms with van der Waals surface area (Å²) in [4.78, 5) is 4.18. The van der Waals surface area contributed by atoms with E-state index in [-0.39, 0.29) is 6.04 Å². The van der Waals surface area contributed by atoms with E-state index < -0.39 is 0 Å². The number of hydrogen-bond donors (Lipinski definition) is 1. The highest BCUT2D eigenvalue weighted by molar-refractivity contribution is 5.16. The summed E-state index contributed by atoms with van der Waals surface area (Å²) in [6.07, 6.45) is 8.51. The molecule has 1 heterocycles. The minimum atomic E-state index is 0.0177. The lowest BCUT2D eigenvalue weighted by Gasteiger charge is -2.09. The van der Waals surface area contributed by atoms with Gasteiger partial charge in [-0.2, -0.15) is 0 Å². The average Bonchev–Trinajstić information content (AvgIpc) is 2.15. The SMILES string of the molecule is C#CCCC(N)c1ccc(C)nc1. The molecule has 0 amide bonds. The number of rotatable bonds is 3. The van der Waals surface area contributed by atoms with Crippen LogP contribution in [0.4, 0.5) is 0 Å². The fourth-order valence-electron chi connectivity index (χ4n) is 1.10. The van der Waals surface area contributed by atoms with E-state index in [0.717, 1.165) is 24.1 Å². The Bertz CT molecular complexity index is 295. The highest BCUT2D eigenvalue weighted by Crippen LogP contribution is 2.14. The molecular weight excluding hydrogens is 160 g/mol. The summed E-state index contributed by atoms with van der Waals surface area (Å²) in [7, 11) is 0. The smallest absolute Gasteiger partial charge is 0.0372 e. The topological polar surface area (TPSA) is 38.9 Å². The van der Waals surface area contributed by atoms with Crippen LogP contribution in [0, 0.1) is 19.3 Å². The standard InChI is InChI=1S/C11H14N2/c1-3-4-5-11(12)10-7-6-9(2)13-8-10/h1,6-8,11H,4-5,12H2,2H3. The Morgan fingerprint density at radius 1 is 1.62 bits per heavy atom. The maximum atomic E-state index is 5.90. The zero-order valence-electron chi connectivity index (χ0n) is 7.83. The predicted molar refractivity (Wildman–Crippen MR) is 54.0 cm³/mol. The molecule has 0 radical (unpaired) electrons. The molecule has 1 aromatic heterocycles. The van der Waals surface area contributed by atoms with E-state index in [1.54, 1.807) is 0 Å². The van der Waals surface area contributed by atoms with Gasteiger partial charge in [0.2, 0.25) is 0 Å². The quantitative estimate of drug-likeness (QED) is 0.710. The Hall–Kier alpha value is -1.33. The second-order valence-corrected chi connectivity index (χ2v) is 3.08. The molecule has 2 heteroatoms. The van der Waals surface area contributed by atoms with Crippen LogP contribution in [-0.4, -0.2) is 4.98 Å². The molecule has 68 valence electrons. The van der Waals surface area contributed by atoms with Gasteiger partial charge in [-0.15, -0.1) is 12.3 Å². The van der Waals surface area contributed by atoms with Gasteiger partial charge in [0.1, 0.15) is 0 Å². The molecule has 0 saturated carbocycles. The Kier molecular flexibility index (Phi) is 3.48. The molecule has 1 unspecified atom stereocenters. The summed E-state index contributed by atoms with van der Waals surface area (Å²) in [6.45, 7) is 1.96. The average molecular weight is 174 g/mol. The zero-order valence-corrected chi connectivity index (χ0v) is 7.83. The fourth-order valence-corrected chi connectivity index (χ4v) is 1.10. The van der Waals surface area contributed by atoms with E-state index in [2.05, 4.69) is 10.9 Å². The van der Waals surface area contributed by atoms with Crippen molar-refractivity contribution in [3.8, 4) is 12.3 Å². The van der Waals surface area contributed by atoms with Crippen LogP contribution in [0.15, 0.2) is 18.3 Å². The minimum absolute atomic E-state index is 0.0177. The Morgan fingerprint density at radius 3 is 2.92 bits per heavy atom. The van der Waals surface area contributed by atoms with E-state index >= 15 is 0 Å². The van der Waals surface area contributed by atoms with E-state index in [1.165, 1.54) is 0 Å². The largest absolute Gasteiger partial charge is 0.324 e. The number of aryl methyl sites for hydroxylation is 1. The van der Waals surface area contributed by atoms with E-state index in [9.17, 15) is 0 Å². The highest BCUT2D eigenvalue weighted by atomic mass is 14.7. The Labute approximate surface area is 79.2 Å². The molecule has 0 spiro atoms. The maximum Gasteiger partial charge on any atom is 0.0372 e. The van der Waals surface area contributed by atoms with Gasteiger partial charge in [-0.1, -0.05) is 6.07 Å². The predicted octanol–water partition coefficient (Wildman–Crippen LogP) is 1.80. The summed E-state index contributed by atoms with van der Waals surface area (Å²) >= 11 is 0. The van der Waals surface area contributed by atoms with Gasteiger partial charge in [0.25, 0.3) is 0 Å². The molecule has 2 nitrogen and oxygen atoms in total. The highest BCUT2D eigenvalue weighted by Gasteiger charge is 2.04. The monoisotopic (exact) mass is 174 g/mol. The van der Waals surface area contributed by atoms with Crippen molar-refractivity contribution in [2.75, 3.05) is 0 Å². The van der Waals surface area contributed by atoms with Crippen LogP contribution in [0.3, 0.4) is 0 Å². The van der Waals surface area contributed by atoms with E-state index in [4.69, 9.17) is 12.2 Å². The molecule has 2 N–H and O–H groups in total. The Morgan fingerprint density at radius 2 is 2.38 bits per heavy atom. The third-order valence-electron chi connectivity index (χ3n) is 1.96. The first-order valence-electron chi connectivity index (χ1n) is 4.35. The second kappa shape index (κ2) is 4.64. The second-order valence-electron chi connectivity index (χ2n) is 3.08. The van der Waals surface area contributed by atoms with Crippen molar-refractivity contribution in [3.63, 3.8) is 0 Å². The van der Waals surface area contributed by atoms with Crippen LogP contribution >= 0.6 is 0 Å². The molecule has 1 atom stereocenters. The van der Waals surface area contributed by atoms with Crippen molar-refractivity contribution in [1.82, 2.24) is 4.98 Å². The summed E-state index contributed by atoms with van der Waals surface area (Å²) in [5.41, 5.74) is 7.96. The van der Waals surface area contributed by atoms with Crippen LogP contribution in [0.1, 0.15) is 30.1 Å². The van der Waals surface area contributed by atoms with Gasteiger partial charge in [-0.25, -0.2) is 0 Å². The van der Waals surface area contributed by atoms with Gasteiger partial charge in [0, 0.05) is 24.4 Å². The molecule has 13 heavy (non-hydrogen) atoms.